The summed E-state index contributed by atoms with van der Waals surface area (Å²) in [4.78, 5) is 30.0. The third kappa shape index (κ3) is 3.50. The first kappa shape index (κ1) is 15.5. The van der Waals surface area contributed by atoms with Crippen LogP contribution >= 0.6 is 11.3 Å². The molecule has 6 nitrogen and oxygen atoms in total. The normalized spacial score (nSPS) is 14.3. The first-order valence-corrected chi connectivity index (χ1v) is 8.31. The van der Waals surface area contributed by atoms with Crippen molar-refractivity contribution in [1.29, 1.82) is 0 Å². The molecule has 0 radical (unpaired) electrons. The molecule has 0 saturated carbocycles. The summed E-state index contributed by atoms with van der Waals surface area (Å²) in [6.45, 7) is 2.62. The number of aryl methyl sites for hydroxylation is 1. The lowest BCUT2D eigenvalue weighted by atomic mass is 10.1. The highest BCUT2D eigenvalue weighted by Gasteiger charge is 2.24. The molecular weight excluding hydrogens is 312 g/mol. The van der Waals surface area contributed by atoms with Crippen molar-refractivity contribution in [1.82, 2.24) is 4.98 Å². The highest BCUT2D eigenvalue weighted by atomic mass is 32.1. The first-order valence-electron chi connectivity index (χ1n) is 7.43. The second-order valence-corrected chi connectivity index (χ2v) is 6.41. The average molecular weight is 330 g/mol. The molecule has 0 atom stereocenters. The third-order valence-corrected chi connectivity index (χ3v) is 4.63. The monoisotopic (exact) mass is 330 g/mol. The highest BCUT2D eigenvalue weighted by molar-refractivity contribution is 7.14. The van der Waals surface area contributed by atoms with Gasteiger partial charge in [-0.25, -0.2) is 4.98 Å². The highest BCUT2D eigenvalue weighted by Crippen LogP contribution is 2.25. The van der Waals surface area contributed by atoms with E-state index in [1.807, 2.05) is 18.4 Å². The Hall–Kier alpha value is -2.41. The molecule has 0 bridgehead atoms. The quantitative estimate of drug-likeness (QED) is 0.842. The number of hydrogen-bond donors (Lipinski definition) is 2. The molecule has 2 aromatic rings. The number of thiazole rings is 1. The minimum absolute atomic E-state index is 0.103. The van der Waals surface area contributed by atoms with E-state index in [4.69, 9.17) is 5.73 Å². The molecule has 2 amide bonds. The van der Waals surface area contributed by atoms with Gasteiger partial charge in [-0.15, -0.1) is 11.3 Å². The summed E-state index contributed by atoms with van der Waals surface area (Å²) in [5, 5.41) is 5.35. The Balaban J connectivity index is 1.65. The molecule has 23 heavy (non-hydrogen) atoms. The Kier molecular flexibility index (Phi) is 4.29. The van der Waals surface area contributed by atoms with Crippen molar-refractivity contribution in [2.75, 3.05) is 22.5 Å². The lowest BCUT2D eigenvalue weighted by Gasteiger charge is -2.10. The summed E-state index contributed by atoms with van der Waals surface area (Å²) < 4.78 is 0. The van der Waals surface area contributed by atoms with E-state index in [0.29, 0.717) is 35.2 Å². The van der Waals surface area contributed by atoms with Crippen LogP contribution in [0.1, 0.15) is 24.1 Å². The van der Waals surface area contributed by atoms with Gasteiger partial charge in [0.05, 0.1) is 12.1 Å². The number of nitrogens with two attached hydrogens (primary N) is 1. The fourth-order valence-corrected chi connectivity index (χ4v) is 3.35. The van der Waals surface area contributed by atoms with Gasteiger partial charge in [-0.2, -0.15) is 0 Å². The molecule has 0 aliphatic carbocycles. The summed E-state index contributed by atoms with van der Waals surface area (Å²) in [6, 6.07) is 5.40. The molecule has 2 heterocycles. The summed E-state index contributed by atoms with van der Waals surface area (Å²) in [5.74, 6) is -0.0472. The second kappa shape index (κ2) is 6.37. The zero-order valence-corrected chi connectivity index (χ0v) is 13.7. The molecule has 1 fully saturated rings. The van der Waals surface area contributed by atoms with Crippen molar-refractivity contribution in [2.45, 2.75) is 26.2 Å². The van der Waals surface area contributed by atoms with Crippen LogP contribution in [0.4, 0.5) is 16.5 Å². The molecule has 7 heteroatoms. The van der Waals surface area contributed by atoms with Crippen molar-refractivity contribution < 1.29 is 9.59 Å². The molecule has 1 saturated heterocycles. The topological polar surface area (TPSA) is 88.3 Å². The van der Waals surface area contributed by atoms with Crippen LogP contribution in [0.5, 0.6) is 0 Å². The molecule has 3 rings (SSSR count). The van der Waals surface area contributed by atoms with E-state index in [1.54, 1.807) is 17.0 Å². The SMILES string of the molecule is Cc1ccc(N)cc1NC(=O)Cc1csc(N2CCCC2=O)n1. The number of carbonyl (C=O) groups excluding carboxylic acids is 2. The number of amides is 2. The zero-order chi connectivity index (χ0) is 16.4. The molecule has 120 valence electrons. The molecule has 1 aliphatic heterocycles. The van der Waals surface area contributed by atoms with Gasteiger partial charge in [0.2, 0.25) is 11.8 Å². The van der Waals surface area contributed by atoms with Crippen molar-refractivity contribution in [3.8, 4) is 0 Å². The molecule has 1 aliphatic rings. The minimum atomic E-state index is -0.150. The number of carbonyl (C=O) groups is 2. The smallest absolute Gasteiger partial charge is 0.230 e. The van der Waals surface area contributed by atoms with Crippen LogP contribution in [0, 0.1) is 6.92 Å². The predicted molar refractivity (Wildman–Crippen MR) is 91.6 cm³/mol. The maximum atomic E-state index is 12.2. The summed E-state index contributed by atoms with van der Waals surface area (Å²) >= 11 is 1.40. The summed E-state index contributed by atoms with van der Waals surface area (Å²) in [5.41, 5.74) is 8.68. The van der Waals surface area contributed by atoms with E-state index in [2.05, 4.69) is 10.3 Å². The molecule has 1 aromatic heterocycles. The molecule has 3 N–H and O–H groups in total. The van der Waals surface area contributed by atoms with Crippen LogP contribution in [-0.4, -0.2) is 23.3 Å². The minimum Gasteiger partial charge on any atom is -0.399 e. The number of hydrogen-bond acceptors (Lipinski definition) is 5. The van der Waals surface area contributed by atoms with Gasteiger partial charge in [0.1, 0.15) is 0 Å². The van der Waals surface area contributed by atoms with Crippen molar-refractivity contribution >= 4 is 39.7 Å². The first-order chi connectivity index (χ1) is 11.0. The van der Waals surface area contributed by atoms with Crippen LogP contribution in [0.3, 0.4) is 0 Å². The van der Waals surface area contributed by atoms with Gasteiger partial charge in [0, 0.05) is 29.7 Å². The van der Waals surface area contributed by atoms with Gasteiger partial charge in [-0.3, -0.25) is 14.5 Å². The third-order valence-electron chi connectivity index (χ3n) is 3.72. The molecule has 0 unspecified atom stereocenters. The van der Waals surface area contributed by atoms with Gasteiger partial charge in [-0.1, -0.05) is 6.07 Å². The van der Waals surface area contributed by atoms with Gasteiger partial charge < -0.3 is 11.1 Å². The standard InChI is InChI=1S/C16H18N4O2S/c1-10-4-5-11(17)7-13(10)19-14(21)8-12-9-23-16(18-12)20-6-2-3-15(20)22/h4-5,7,9H,2-3,6,8,17H2,1H3,(H,19,21). The Morgan fingerprint density at radius 2 is 2.30 bits per heavy atom. The summed E-state index contributed by atoms with van der Waals surface area (Å²) in [6.07, 6.45) is 1.61. The van der Waals surface area contributed by atoms with E-state index in [1.165, 1.54) is 11.3 Å². The Morgan fingerprint density at radius 1 is 1.48 bits per heavy atom. The number of rotatable bonds is 4. The van der Waals surface area contributed by atoms with E-state index >= 15 is 0 Å². The van der Waals surface area contributed by atoms with Gasteiger partial charge >= 0.3 is 0 Å². The zero-order valence-electron chi connectivity index (χ0n) is 12.8. The molecule has 1 aromatic carbocycles. The van der Waals surface area contributed by atoms with E-state index < -0.39 is 0 Å². The van der Waals surface area contributed by atoms with E-state index in [-0.39, 0.29) is 18.2 Å². The number of nitrogens with zero attached hydrogens (tertiary/aromatic N) is 2. The Bertz CT molecular complexity index is 756. The Labute approximate surface area is 138 Å². The van der Waals surface area contributed by atoms with Crippen LogP contribution in [-0.2, 0) is 16.0 Å². The molecule has 0 spiro atoms. The van der Waals surface area contributed by atoms with Gasteiger partial charge in [-0.05, 0) is 31.0 Å². The Morgan fingerprint density at radius 3 is 3.04 bits per heavy atom. The number of anilines is 3. The van der Waals surface area contributed by atoms with Crippen molar-refractivity contribution in [3.05, 3.63) is 34.8 Å². The van der Waals surface area contributed by atoms with Crippen LogP contribution in [0.25, 0.3) is 0 Å². The van der Waals surface area contributed by atoms with E-state index in [9.17, 15) is 9.59 Å². The predicted octanol–water partition coefficient (Wildman–Crippen LogP) is 2.34. The molecular formula is C16H18N4O2S. The lowest BCUT2D eigenvalue weighted by molar-refractivity contribution is -0.117. The lowest BCUT2D eigenvalue weighted by Crippen LogP contribution is -2.23. The average Bonchev–Trinajstić information content (AvgIpc) is 3.11. The number of nitrogens with one attached hydrogen (secondary N) is 1. The summed E-state index contributed by atoms with van der Waals surface area (Å²) in [7, 11) is 0. The van der Waals surface area contributed by atoms with E-state index in [0.717, 1.165) is 12.0 Å². The largest absolute Gasteiger partial charge is 0.399 e. The fourth-order valence-electron chi connectivity index (χ4n) is 2.49. The maximum absolute atomic E-state index is 12.2. The number of aromatic nitrogens is 1. The second-order valence-electron chi connectivity index (χ2n) is 5.57. The fraction of sp³-hybridized carbons (Fsp3) is 0.312. The number of nitrogen functional groups attached to an aromatic ring is 1. The number of benzene rings is 1. The van der Waals surface area contributed by atoms with Crippen LogP contribution in [0.2, 0.25) is 0 Å². The van der Waals surface area contributed by atoms with Crippen molar-refractivity contribution in [2.24, 2.45) is 0 Å². The van der Waals surface area contributed by atoms with Crippen LogP contribution in [0.15, 0.2) is 23.6 Å². The van der Waals surface area contributed by atoms with Gasteiger partial charge in [0.15, 0.2) is 5.13 Å². The van der Waals surface area contributed by atoms with Crippen LogP contribution < -0.4 is 16.0 Å². The van der Waals surface area contributed by atoms with Gasteiger partial charge in [0.25, 0.3) is 0 Å². The maximum Gasteiger partial charge on any atom is 0.230 e. The van der Waals surface area contributed by atoms with Crippen molar-refractivity contribution in [3.63, 3.8) is 0 Å².